The van der Waals surface area contributed by atoms with Gasteiger partial charge in [-0.15, -0.1) is 23.1 Å². The summed E-state index contributed by atoms with van der Waals surface area (Å²) in [5, 5.41) is 12.9. The van der Waals surface area contributed by atoms with Crippen LogP contribution in [0.4, 0.5) is 0 Å². The summed E-state index contributed by atoms with van der Waals surface area (Å²) >= 11 is 9.08. The van der Waals surface area contributed by atoms with Crippen molar-refractivity contribution >= 4 is 45.6 Å². The predicted octanol–water partition coefficient (Wildman–Crippen LogP) is 3.30. The summed E-state index contributed by atoms with van der Waals surface area (Å²) in [5.41, 5.74) is 1.84. The number of hydrogen-bond donors (Lipinski definition) is 1. The molecule has 162 valence electrons. The smallest absolute Gasteiger partial charge is 0.331 e. The van der Waals surface area contributed by atoms with Gasteiger partial charge in [0.05, 0.1) is 34.1 Å². The molecule has 11 heteroatoms. The first-order valence-electron chi connectivity index (χ1n) is 9.62. The molecule has 0 radical (unpaired) electrons. The van der Waals surface area contributed by atoms with Crippen LogP contribution in [-0.4, -0.2) is 29.5 Å². The van der Waals surface area contributed by atoms with E-state index >= 15 is 0 Å². The molecule has 0 bridgehead atoms. The highest BCUT2D eigenvalue weighted by Gasteiger charge is 2.35. The van der Waals surface area contributed by atoms with Crippen molar-refractivity contribution < 1.29 is 9.52 Å². The van der Waals surface area contributed by atoms with Gasteiger partial charge in [0.25, 0.3) is 5.56 Å². The van der Waals surface area contributed by atoms with Crippen LogP contribution < -0.4 is 11.2 Å². The van der Waals surface area contributed by atoms with E-state index in [2.05, 4.69) is 9.55 Å². The minimum absolute atomic E-state index is 0.230. The van der Waals surface area contributed by atoms with E-state index in [0.717, 1.165) is 16.0 Å². The fourth-order valence-corrected chi connectivity index (χ4v) is 6.40. The highest BCUT2D eigenvalue weighted by Crippen LogP contribution is 2.47. The van der Waals surface area contributed by atoms with Crippen LogP contribution in [0.5, 0.6) is 0 Å². The lowest BCUT2D eigenvalue weighted by molar-refractivity contribution is 0.195. The molecule has 0 unspecified atom stereocenters. The van der Waals surface area contributed by atoms with Gasteiger partial charge in [0.2, 0.25) is 0 Å². The van der Waals surface area contributed by atoms with Crippen LogP contribution in [0.2, 0.25) is 5.22 Å². The van der Waals surface area contributed by atoms with Crippen molar-refractivity contribution in [1.29, 1.82) is 0 Å². The van der Waals surface area contributed by atoms with E-state index in [-0.39, 0.29) is 16.0 Å². The van der Waals surface area contributed by atoms with Crippen LogP contribution in [0, 0.1) is 0 Å². The Bertz CT molecular complexity index is 1440. The summed E-state index contributed by atoms with van der Waals surface area (Å²) in [6.45, 7) is 2.30. The number of fused-ring (bicyclic) bond motifs is 3. The van der Waals surface area contributed by atoms with E-state index in [0.29, 0.717) is 39.6 Å². The number of aliphatic hydroxyl groups excluding tert-OH is 1. The summed E-state index contributed by atoms with van der Waals surface area (Å²) < 4.78 is 10.4. The molecule has 31 heavy (non-hydrogen) atoms. The zero-order chi connectivity index (χ0) is 22.0. The van der Waals surface area contributed by atoms with Crippen LogP contribution in [0.15, 0.2) is 31.5 Å². The molecule has 1 aliphatic rings. The molecule has 5 heterocycles. The van der Waals surface area contributed by atoms with Crippen molar-refractivity contribution in [2.24, 2.45) is 14.1 Å². The lowest BCUT2D eigenvalue weighted by atomic mass is 10.2. The van der Waals surface area contributed by atoms with E-state index < -0.39 is 11.8 Å². The molecular formula is C20H19ClN4O4S2. The lowest BCUT2D eigenvalue weighted by Gasteiger charge is -2.24. The maximum Gasteiger partial charge on any atom is 0.331 e. The molecule has 0 fully saturated rings. The lowest BCUT2D eigenvalue weighted by Crippen LogP contribution is -2.37. The van der Waals surface area contributed by atoms with Gasteiger partial charge < -0.3 is 14.1 Å². The van der Waals surface area contributed by atoms with Crippen LogP contribution in [-0.2, 0) is 20.6 Å². The second-order valence-electron chi connectivity index (χ2n) is 7.46. The highest BCUT2D eigenvalue weighted by molar-refractivity contribution is 7.99. The number of hydrogen-bond acceptors (Lipinski definition) is 7. The summed E-state index contributed by atoms with van der Waals surface area (Å²) in [6, 6.07) is 3.51. The molecular weight excluding hydrogens is 460 g/mol. The normalized spacial score (nSPS) is 17.3. The van der Waals surface area contributed by atoms with E-state index in [1.54, 1.807) is 37.2 Å². The minimum Gasteiger partial charge on any atom is -0.448 e. The minimum atomic E-state index is -0.715. The summed E-state index contributed by atoms with van der Waals surface area (Å²) in [7, 11) is 3.15. The SMILES string of the molecule is C[C@H](O)c1csc(-c2c3c(=O)n(C)c(=O)n(C)c3c3n2CCS[C@H]3c2ccc(Cl)o2)n1. The van der Waals surface area contributed by atoms with Crippen LogP contribution >= 0.6 is 34.7 Å². The van der Waals surface area contributed by atoms with Gasteiger partial charge in [-0.1, -0.05) is 0 Å². The van der Waals surface area contributed by atoms with Crippen LogP contribution in [0.3, 0.4) is 0 Å². The van der Waals surface area contributed by atoms with Gasteiger partial charge in [0.1, 0.15) is 16.0 Å². The van der Waals surface area contributed by atoms with Gasteiger partial charge in [-0.2, -0.15) is 0 Å². The Morgan fingerprint density at radius 1 is 1.29 bits per heavy atom. The second kappa shape index (κ2) is 7.40. The van der Waals surface area contributed by atoms with Crippen LogP contribution in [0.1, 0.15) is 35.4 Å². The van der Waals surface area contributed by atoms with Crippen molar-refractivity contribution in [2.75, 3.05) is 5.75 Å². The molecule has 0 amide bonds. The fourth-order valence-electron chi connectivity index (χ4n) is 4.07. The van der Waals surface area contributed by atoms with Crippen molar-refractivity contribution in [3.63, 3.8) is 0 Å². The predicted molar refractivity (Wildman–Crippen MR) is 122 cm³/mol. The Hall–Kier alpha value is -2.27. The molecule has 1 N–H and O–H groups in total. The van der Waals surface area contributed by atoms with E-state index in [1.807, 2.05) is 6.07 Å². The third kappa shape index (κ3) is 3.04. The summed E-state index contributed by atoms with van der Waals surface area (Å²) in [4.78, 5) is 30.7. The molecule has 5 rings (SSSR count). The number of aliphatic hydroxyl groups is 1. The third-order valence-corrected chi connectivity index (χ3v) is 7.83. The highest BCUT2D eigenvalue weighted by atomic mass is 35.5. The average molecular weight is 479 g/mol. The molecule has 0 aromatic carbocycles. The molecule has 0 saturated heterocycles. The van der Waals surface area contributed by atoms with E-state index in [1.165, 1.54) is 23.0 Å². The zero-order valence-electron chi connectivity index (χ0n) is 17.0. The molecule has 0 saturated carbocycles. The maximum absolute atomic E-state index is 13.3. The number of nitrogens with zero attached hydrogens (tertiary/aromatic N) is 4. The number of aryl methyl sites for hydroxylation is 1. The monoisotopic (exact) mass is 478 g/mol. The first kappa shape index (κ1) is 20.6. The molecule has 4 aromatic rings. The summed E-state index contributed by atoms with van der Waals surface area (Å²) in [5.74, 6) is 1.45. The van der Waals surface area contributed by atoms with Gasteiger partial charge in [-0.05, 0) is 30.7 Å². The second-order valence-corrected chi connectivity index (χ2v) is 9.90. The number of furan rings is 1. The molecule has 0 spiro atoms. The van der Waals surface area contributed by atoms with E-state index in [4.69, 9.17) is 16.0 Å². The summed E-state index contributed by atoms with van der Waals surface area (Å²) in [6.07, 6.45) is -0.715. The number of rotatable bonds is 3. The van der Waals surface area contributed by atoms with Crippen molar-refractivity contribution in [2.45, 2.75) is 24.8 Å². The van der Waals surface area contributed by atoms with E-state index in [9.17, 15) is 14.7 Å². The Morgan fingerprint density at radius 3 is 2.71 bits per heavy atom. The number of thiazole rings is 1. The first-order valence-corrected chi connectivity index (χ1v) is 11.9. The van der Waals surface area contributed by atoms with Crippen molar-refractivity contribution in [3.8, 4) is 10.7 Å². The molecule has 8 nitrogen and oxygen atoms in total. The quantitative estimate of drug-likeness (QED) is 0.485. The Kier molecular flexibility index (Phi) is 4.93. The average Bonchev–Trinajstić information content (AvgIpc) is 3.46. The Balaban J connectivity index is 1.92. The Labute approximate surface area is 189 Å². The maximum atomic E-state index is 13.3. The molecule has 0 aliphatic carbocycles. The molecule has 2 atom stereocenters. The van der Waals surface area contributed by atoms with Crippen molar-refractivity contribution in [3.05, 3.63) is 60.7 Å². The number of halogens is 1. The molecule has 4 aromatic heterocycles. The first-order chi connectivity index (χ1) is 14.8. The topological polar surface area (TPSA) is 95.2 Å². The fraction of sp³-hybridized carbons (Fsp3) is 0.350. The van der Waals surface area contributed by atoms with Gasteiger partial charge in [0.15, 0.2) is 5.22 Å². The van der Waals surface area contributed by atoms with Gasteiger partial charge in [0, 0.05) is 31.8 Å². The van der Waals surface area contributed by atoms with Gasteiger partial charge in [-0.3, -0.25) is 13.9 Å². The van der Waals surface area contributed by atoms with Gasteiger partial charge in [-0.25, -0.2) is 9.78 Å². The largest absolute Gasteiger partial charge is 0.448 e. The number of aromatic nitrogens is 4. The zero-order valence-corrected chi connectivity index (χ0v) is 19.3. The van der Waals surface area contributed by atoms with Gasteiger partial charge >= 0.3 is 5.69 Å². The molecule has 1 aliphatic heterocycles. The number of thioether (sulfide) groups is 1. The standard InChI is InChI=1S/C20H19ClN4O4S2/c1-9(26)10-8-31-18(22-10)15-13-14(23(2)20(28)24(3)19(13)27)16-17(30-7-6-25(15)16)11-4-5-12(21)29-11/h4-5,8-9,17,26H,6-7H2,1-3H3/t9-,17-/m0/s1. The third-order valence-electron chi connectivity index (χ3n) is 5.56. The van der Waals surface area contributed by atoms with Crippen molar-refractivity contribution in [1.82, 2.24) is 18.7 Å². The van der Waals surface area contributed by atoms with Crippen LogP contribution in [0.25, 0.3) is 21.6 Å². The Morgan fingerprint density at radius 2 is 2.06 bits per heavy atom.